The van der Waals surface area contributed by atoms with E-state index in [2.05, 4.69) is 0 Å². The Bertz CT molecular complexity index is 208. The molecule has 0 N–H and O–H groups in total. The molecular formula is C10H16O4. The van der Waals surface area contributed by atoms with E-state index in [-0.39, 0.29) is 24.1 Å². The van der Waals surface area contributed by atoms with E-state index < -0.39 is 0 Å². The van der Waals surface area contributed by atoms with Crippen LogP contribution < -0.4 is 0 Å². The molecule has 2 unspecified atom stereocenters. The highest BCUT2D eigenvalue weighted by atomic mass is 16.5. The molecule has 0 fully saturated rings. The Morgan fingerprint density at radius 1 is 0.929 bits per heavy atom. The maximum atomic E-state index is 10.5. The van der Waals surface area contributed by atoms with Gasteiger partial charge in [0.05, 0.1) is 0 Å². The van der Waals surface area contributed by atoms with Crippen LogP contribution in [0.2, 0.25) is 0 Å². The lowest BCUT2D eigenvalue weighted by Gasteiger charge is -2.09. The molecule has 0 aliphatic heterocycles. The van der Waals surface area contributed by atoms with Crippen LogP contribution >= 0.6 is 0 Å². The molecule has 0 heterocycles. The molecule has 0 aliphatic rings. The van der Waals surface area contributed by atoms with Crippen LogP contribution in [0.25, 0.3) is 0 Å². The molecule has 4 nitrogen and oxygen atoms in total. The minimum atomic E-state index is -0.331. The number of ether oxygens (including phenoxy) is 2. The summed E-state index contributed by atoms with van der Waals surface area (Å²) >= 11 is 0. The quantitative estimate of drug-likeness (QED) is 0.509. The first-order valence-electron chi connectivity index (χ1n) is 4.44. The third kappa shape index (κ3) is 7.34. The summed E-state index contributed by atoms with van der Waals surface area (Å²) in [7, 11) is 0. The first-order chi connectivity index (χ1) is 6.41. The van der Waals surface area contributed by atoms with Crippen molar-refractivity contribution in [3.63, 3.8) is 0 Å². The predicted octanol–water partition coefficient (Wildman–Crippen LogP) is 1.45. The molecule has 0 saturated carbocycles. The summed E-state index contributed by atoms with van der Waals surface area (Å²) in [6.45, 7) is 6.16. The van der Waals surface area contributed by atoms with Crippen molar-refractivity contribution >= 4 is 11.9 Å². The van der Waals surface area contributed by atoms with E-state index in [4.69, 9.17) is 9.47 Å². The Morgan fingerprint density at radius 3 is 1.43 bits per heavy atom. The molecule has 0 rings (SSSR count). The molecule has 80 valence electrons. The molecule has 0 amide bonds. The van der Waals surface area contributed by atoms with E-state index in [0.717, 1.165) is 0 Å². The fourth-order valence-electron chi connectivity index (χ4n) is 0.915. The van der Waals surface area contributed by atoms with Crippen molar-refractivity contribution in [2.45, 2.75) is 39.9 Å². The molecule has 0 aromatic carbocycles. The van der Waals surface area contributed by atoms with Crippen LogP contribution in [-0.2, 0) is 19.1 Å². The van der Waals surface area contributed by atoms with Gasteiger partial charge in [0.25, 0.3) is 0 Å². The van der Waals surface area contributed by atoms with Gasteiger partial charge in [-0.05, 0) is 26.0 Å². The summed E-state index contributed by atoms with van der Waals surface area (Å²) < 4.78 is 9.68. The second-order valence-corrected chi connectivity index (χ2v) is 3.01. The van der Waals surface area contributed by atoms with E-state index in [1.807, 2.05) is 0 Å². The summed E-state index contributed by atoms with van der Waals surface area (Å²) in [6.07, 6.45) is 2.75. The van der Waals surface area contributed by atoms with Gasteiger partial charge in [0.2, 0.25) is 0 Å². The number of rotatable bonds is 4. The predicted molar refractivity (Wildman–Crippen MR) is 51.6 cm³/mol. The monoisotopic (exact) mass is 200 g/mol. The highest BCUT2D eigenvalue weighted by Gasteiger charge is 2.03. The highest BCUT2D eigenvalue weighted by molar-refractivity contribution is 5.66. The van der Waals surface area contributed by atoms with Crippen LogP contribution in [0.1, 0.15) is 27.7 Å². The topological polar surface area (TPSA) is 52.6 Å². The molecule has 0 saturated heterocycles. The summed E-state index contributed by atoms with van der Waals surface area (Å²) in [6, 6.07) is 0. The van der Waals surface area contributed by atoms with Crippen molar-refractivity contribution in [1.29, 1.82) is 0 Å². The van der Waals surface area contributed by atoms with Crippen LogP contribution in [0, 0.1) is 0 Å². The molecule has 0 radical (unpaired) electrons. The Labute approximate surface area is 83.9 Å². The number of carbonyl (C=O) groups excluding carboxylic acids is 2. The van der Waals surface area contributed by atoms with Crippen molar-refractivity contribution in [3.8, 4) is 0 Å². The largest absolute Gasteiger partial charge is 0.459 e. The summed E-state index contributed by atoms with van der Waals surface area (Å²) in [5.74, 6) is -0.662. The number of carbonyl (C=O) groups is 2. The van der Waals surface area contributed by atoms with Gasteiger partial charge in [-0.15, -0.1) is 0 Å². The van der Waals surface area contributed by atoms with Gasteiger partial charge in [0.1, 0.15) is 12.2 Å². The van der Waals surface area contributed by atoms with Crippen molar-refractivity contribution < 1.29 is 19.1 Å². The average Bonchev–Trinajstić information content (AvgIpc) is 1.98. The first kappa shape index (κ1) is 12.7. The number of hydrogen-bond donors (Lipinski definition) is 0. The van der Waals surface area contributed by atoms with Crippen molar-refractivity contribution in [3.05, 3.63) is 12.2 Å². The standard InChI is InChI=1S/C10H16O4/c1-7(13-9(3)11)5-6-8(2)14-10(4)12/h5-8H,1-4H3. The third-order valence-corrected chi connectivity index (χ3v) is 1.36. The molecule has 14 heavy (non-hydrogen) atoms. The molecule has 2 atom stereocenters. The Balaban J connectivity index is 3.90. The van der Waals surface area contributed by atoms with Gasteiger partial charge in [-0.2, -0.15) is 0 Å². The van der Waals surface area contributed by atoms with E-state index >= 15 is 0 Å². The van der Waals surface area contributed by atoms with Gasteiger partial charge in [-0.1, -0.05) is 0 Å². The van der Waals surface area contributed by atoms with Crippen LogP contribution in [0.3, 0.4) is 0 Å². The maximum absolute atomic E-state index is 10.5. The van der Waals surface area contributed by atoms with Gasteiger partial charge >= 0.3 is 11.9 Å². The van der Waals surface area contributed by atoms with Gasteiger partial charge in [-0.3, -0.25) is 9.59 Å². The van der Waals surface area contributed by atoms with Crippen molar-refractivity contribution in [1.82, 2.24) is 0 Å². The molecule has 0 aromatic rings. The molecule has 0 bridgehead atoms. The maximum Gasteiger partial charge on any atom is 0.303 e. The summed E-state index contributed by atoms with van der Waals surface area (Å²) in [5, 5.41) is 0. The summed E-state index contributed by atoms with van der Waals surface area (Å²) in [5.41, 5.74) is 0. The smallest absolute Gasteiger partial charge is 0.303 e. The normalized spacial score (nSPS) is 14.9. The van der Waals surface area contributed by atoms with E-state index in [1.54, 1.807) is 26.0 Å². The molecular weight excluding hydrogens is 184 g/mol. The highest BCUT2D eigenvalue weighted by Crippen LogP contribution is 1.98. The Morgan fingerprint density at radius 2 is 1.21 bits per heavy atom. The van der Waals surface area contributed by atoms with Gasteiger partial charge in [0.15, 0.2) is 0 Å². The van der Waals surface area contributed by atoms with E-state index in [9.17, 15) is 9.59 Å². The zero-order valence-corrected chi connectivity index (χ0v) is 8.94. The fraction of sp³-hybridized carbons (Fsp3) is 0.600. The van der Waals surface area contributed by atoms with Crippen LogP contribution in [-0.4, -0.2) is 24.1 Å². The number of esters is 2. The Hall–Kier alpha value is -1.32. The van der Waals surface area contributed by atoms with Crippen LogP contribution in [0.4, 0.5) is 0 Å². The zero-order chi connectivity index (χ0) is 11.1. The van der Waals surface area contributed by atoms with Gasteiger partial charge in [0, 0.05) is 13.8 Å². The second kappa shape index (κ2) is 6.18. The first-order valence-corrected chi connectivity index (χ1v) is 4.44. The fourth-order valence-corrected chi connectivity index (χ4v) is 0.915. The lowest BCUT2D eigenvalue weighted by Crippen LogP contribution is -2.12. The van der Waals surface area contributed by atoms with Crippen molar-refractivity contribution in [2.24, 2.45) is 0 Å². The van der Waals surface area contributed by atoms with Gasteiger partial charge < -0.3 is 9.47 Å². The van der Waals surface area contributed by atoms with E-state index in [1.165, 1.54) is 13.8 Å². The van der Waals surface area contributed by atoms with E-state index in [0.29, 0.717) is 0 Å². The zero-order valence-electron chi connectivity index (χ0n) is 8.94. The average molecular weight is 200 g/mol. The molecule has 0 aliphatic carbocycles. The lowest BCUT2D eigenvalue weighted by molar-refractivity contribution is -0.145. The minimum absolute atomic E-state index is 0.300. The van der Waals surface area contributed by atoms with Crippen LogP contribution in [0.5, 0.6) is 0 Å². The number of hydrogen-bond acceptors (Lipinski definition) is 4. The Kier molecular flexibility index (Phi) is 5.60. The second-order valence-electron chi connectivity index (χ2n) is 3.01. The van der Waals surface area contributed by atoms with Crippen molar-refractivity contribution in [2.75, 3.05) is 0 Å². The molecule has 0 spiro atoms. The molecule has 0 aromatic heterocycles. The summed E-state index contributed by atoms with van der Waals surface area (Å²) in [4.78, 5) is 21.1. The SMILES string of the molecule is CC(=O)OC(C)C=CC(C)OC(C)=O. The minimum Gasteiger partial charge on any atom is -0.459 e. The van der Waals surface area contributed by atoms with Crippen LogP contribution in [0.15, 0.2) is 12.2 Å². The van der Waals surface area contributed by atoms with Gasteiger partial charge in [-0.25, -0.2) is 0 Å². The third-order valence-electron chi connectivity index (χ3n) is 1.36. The lowest BCUT2D eigenvalue weighted by atomic mass is 10.3. The molecule has 4 heteroatoms.